The van der Waals surface area contributed by atoms with Crippen molar-refractivity contribution >= 4 is 37.7 Å². The highest BCUT2D eigenvalue weighted by molar-refractivity contribution is 9.10. The Bertz CT molecular complexity index is 1110. The zero-order valence-corrected chi connectivity index (χ0v) is 16.2. The van der Waals surface area contributed by atoms with Gasteiger partial charge in [0.1, 0.15) is 11.0 Å². The smallest absolute Gasteiger partial charge is 0.165 e. The molecule has 4 aromatic rings. The van der Waals surface area contributed by atoms with Crippen LogP contribution in [0.3, 0.4) is 0 Å². The lowest BCUT2D eigenvalue weighted by atomic mass is 10.1. The predicted octanol–water partition coefficient (Wildman–Crippen LogP) is 3.82. The summed E-state index contributed by atoms with van der Waals surface area (Å²) in [5.41, 5.74) is 1.41. The maximum atomic E-state index is 10.6. The van der Waals surface area contributed by atoms with Crippen molar-refractivity contribution < 1.29 is 19.7 Å². The molecule has 2 heterocycles. The zero-order chi connectivity index (χ0) is 19.1. The van der Waals surface area contributed by atoms with Crippen molar-refractivity contribution in [1.29, 1.82) is 0 Å². The Kier molecular flexibility index (Phi) is 4.27. The summed E-state index contributed by atoms with van der Waals surface area (Å²) in [6, 6.07) is 3.77. The summed E-state index contributed by atoms with van der Waals surface area (Å²) in [5.74, 6) is 1.22. The minimum Gasteiger partial charge on any atom is -0.505 e. The van der Waals surface area contributed by atoms with E-state index in [0.29, 0.717) is 28.8 Å². The summed E-state index contributed by atoms with van der Waals surface area (Å²) in [4.78, 5) is 8.24. The second-order valence-corrected chi connectivity index (χ2v) is 6.92. The molecular formula is C19H16BrN3O4. The Labute approximate surface area is 162 Å². The minimum absolute atomic E-state index is 0.0107. The molecule has 0 aliphatic carbocycles. The second-order valence-electron chi connectivity index (χ2n) is 6.01. The number of rotatable bonds is 4. The number of nitrogens with zero attached hydrogens (tertiary/aromatic N) is 3. The highest BCUT2D eigenvalue weighted by Gasteiger charge is 2.18. The standard InChI is InChI=1S/C19H16BrN3O4/c1-26-14-6-11(20)5-10(19(14)27-2)7-23-8-12-13(9-23)18(25)16-15(17(12)24)21-3-4-22-16/h3-6,8-9,24-25H,7H2,1-2H3. The molecule has 0 atom stereocenters. The van der Waals surface area contributed by atoms with Crippen molar-refractivity contribution in [3.05, 3.63) is 47.0 Å². The fourth-order valence-corrected chi connectivity index (χ4v) is 3.72. The van der Waals surface area contributed by atoms with E-state index in [0.717, 1.165) is 10.0 Å². The number of fused-ring (bicyclic) bond motifs is 2. The Morgan fingerprint density at radius 2 is 1.56 bits per heavy atom. The number of aromatic nitrogens is 3. The molecule has 0 bridgehead atoms. The van der Waals surface area contributed by atoms with Gasteiger partial charge in [0.2, 0.25) is 0 Å². The lowest BCUT2D eigenvalue weighted by Crippen LogP contribution is -2.01. The number of methoxy groups -OCH3 is 2. The van der Waals surface area contributed by atoms with Crippen LogP contribution >= 0.6 is 15.9 Å². The lowest BCUT2D eigenvalue weighted by molar-refractivity contribution is 0.350. The third-order valence-electron chi connectivity index (χ3n) is 4.41. The van der Waals surface area contributed by atoms with Gasteiger partial charge < -0.3 is 24.3 Å². The molecule has 8 heteroatoms. The molecule has 0 aliphatic rings. The van der Waals surface area contributed by atoms with Crippen LogP contribution in [0.25, 0.3) is 21.8 Å². The van der Waals surface area contributed by atoms with Crippen LogP contribution in [0.2, 0.25) is 0 Å². The van der Waals surface area contributed by atoms with Gasteiger partial charge in [-0.15, -0.1) is 0 Å². The molecule has 27 heavy (non-hydrogen) atoms. The molecule has 0 spiro atoms. The van der Waals surface area contributed by atoms with E-state index in [1.54, 1.807) is 26.6 Å². The van der Waals surface area contributed by atoms with E-state index in [2.05, 4.69) is 25.9 Å². The van der Waals surface area contributed by atoms with Crippen molar-refractivity contribution in [2.24, 2.45) is 0 Å². The Morgan fingerprint density at radius 3 is 2.07 bits per heavy atom. The number of phenolic OH excluding ortho intramolecular Hbond substituents is 2. The van der Waals surface area contributed by atoms with Gasteiger partial charge in [0.05, 0.1) is 20.8 Å². The molecule has 2 N–H and O–H groups in total. The van der Waals surface area contributed by atoms with Gasteiger partial charge in [-0.25, -0.2) is 9.97 Å². The minimum atomic E-state index is -0.0107. The van der Waals surface area contributed by atoms with E-state index in [4.69, 9.17) is 9.47 Å². The summed E-state index contributed by atoms with van der Waals surface area (Å²) >= 11 is 3.48. The van der Waals surface area contributed by atoms with Gasteiger partial charge in [0.25, 0.3) is 0 Å². The Balaban J connectivity index is 1.87. The highest BCUT2D eigenvalue weighted by Crippen LogP contribution is 2.40. The van der Waals surface area contributed by atoms with E-state index >= 15 is 0 Å². The van der Waals surface area contributed by atoms with E-state index in [-0.39, 0.29) is 22.5 Å². The highest BCUT2D eigenvalue weighted by atomic mass is 79.9. The first-order valence-corrected chi connectivity index (χ1v) is 8.87. The van der Waals surface area contributed by atoms with Crippen molar-refractivity contribution in [2.45, 2.75) is 6.54 Å². The summed E-state index contributed by atoms with van der Waals surface area (Å²) in [6.07, 6.45) is 6.46. The first-order valence-electron chi connectivity index (χ1n) is 8.08. The normalized spacial score (nSPS) is 11.2. The van der Waals surface area contributed by atoms with Crippen molar-refractivity contribution in [1.82, 2.24) is 14.5 Å². The first-order chi connectivity index (χ1) is 13.0. The fraction of sp³-hybridized carbons (Fsp3) is 0.158. The predicted molar refractivity (Wildman–Crippen MR) is 105 cm³/mol. The number of aromatic hydroxyl groups is 2. The van der Waals surface area contributed by atoms with Gasteiger partial charge in [0, 0.05) is 45.6 Å². The van der Waals surface area contributed by atoms with Gasteiger partial charge in [-0.3, -0.25) is 0 Å². The van der Waals surface area contributed by atoms with E-state index < -0.39 is 0 Å². The Hall–Kier alpha value is -3.00. The molecule has 0 radical (unpaired) electrons. The third-order valence-corrected chi connectivity index (χ3v) is 4.87. The largest absolute Gasteiger partial charge is 0.505 e. The molecule has 2 aromatic carbocycles. The second kappa shape index (κ2) is 6.62. The van der Waals surface area contributed by atoms with Crippen LogP contribution in [0.4, 0.5) is 0 Å². The van der Waals surface area contributed by atoms with E-state index in [9.17, 15) is 10.2 Å². The number of ether oxygens (including phenoxy) is 2. The molecule has 4 rings (SSSR count). The molecule has 0 saturated carbocycles. The van der Waals surface area contributed by atoms with Crippen molar-refractivity contribution in [3.8, 4) is 23.0 Å². The van der Waals surface area contributed by atoms with Gasteiger partial charge in [-0.05, 0) is 12.1 Å². The third kappa shape index (κ3) is 2.82. The number of hydrogen-bond donors (Lipinski definition) is 2. The molecule has 0 aliphatic heterocycles. The number of halogens is 1. The van der Waals surface area contributed by atoms with Crippen LogP contribution in [-0.4, -0.2) is 39.0 Å². The first kappa shape index (κ1) is 17.4. The van der Waals surface area contributed by atoms with Crippen molar-refractivity contribution in [2.75, 3.05) is 14.2 Å². The fourth-order valence-electron chi connectivity index (χ4n) is 3.24. The van der Waals surface area contributed by atoms with Crippen LogP contribution in [0.1, 0.15) is 5.56 Å². The molecule has 7 nitrogen and oxygen atoms in total. The number of hydrogen-bond acceptors (Lipinski definition) is 6. The SMILES string of the molecule is COc1cc(Br)cc(Cn2cc3c(O)c4nccnc4c(O)c3c2)c1OC. The summed E-state index contributed by atoms with van der Waals surface area (Å²) in [5, 5.41) is 22.1. The monoisotopic (exact) mass is 429 g/mol. The van der Waals surface area contributed by atoms with E-state index in [1.165, 1.54) is 12.4 Å². The average Bonchev–Trinajstić information content (AvgIpc) is 3.10. The van der Waals surface area contributed by atoms with E-state index in [1.807, 2.05) is 16.7 Å². The van der Waals surface area contributed by atoms with Crippen LogP contribution in [0.15, 0.2) is 41.4 Å². The lowest BCUT2D eigenvalue weighted by Gasteiger charge is -2.14. The molecule has 0 fully saturated rings. The molecule has 0 saturated heterocycles. The van der Waals surface area contributed by atoms with Crippen LogP contribution in [0, 0.1) is 0 Å². The average molecular weight is 430 g/mol. The number of benzene rings is 2. The van der Waals surface area contributed by atoms with Crippen molar-refractivity contribution in [3.63, 3.8) is 0 Å². The maximum Gasteiger partial charge on any atom is 0.165 e. The van der Waals surface area contributed by atoms with Crippen LogP contribution in [-0.2, 0) is 6.54 Å². The summed E-state index contributed by atoms with van der Waals surface area (Å²) < 4.78 is 13.6. The molecule has 0 amide bonds. The molecule has 2 aromatic heterocycles. The quantitative estimate of drug-likeness (QED) is 0.479. The van der Waals surface area contributed by atoms with Crippen LogP contribution in [0.5, 0.6) is 23.0 Å². The molecular weight excluding hydrogens is 414 g/mol. The zero-order valence-electron chi connectivity index (χ0n) is 14.6. The molecule has 0 unspecified atom stereocenters. The van der Waals surface area contributed by atoms with Gasteiger partial charge in [-0.1, -0.05) is 15.9 Å². The van der Waals surface area contributed by atoms with Gasteiger partial charge >= 0.3 is 0 Å². The summed E-state index contributed by atoms with van der Waals surface area (Å²) in [7, 11) is 3.17. The topological polar surface area (TPSA) is 89.6 Å². The van der Waals surface area contributed by atoms with Crippen LogP contribution < -0.4 is 9.47 Å². The number of phenols is 2. The van der Waals surface area contributed by atoms with Gasteiger partial charge in [0.15, 0.2) is 23.0 Å². The Morgan fingerprint density at radius 1 is 0.963 bits per heavy atom. The van der Waals surface area contributed by atoms with Gasteiger partial charge in [-0.2, -0.15) is 0 Å². The molecule has 138 valence electrons. The summed E-state index contributed by atoms with van der Waals surface area (Å²) in [6.45, 7) is 0.448. The maximum absolute atomic E-state index is 10.6.